The number of hydrogen-bond acceptors (Lipinski definition) is 4. The molecule has 3 nitrogen and oxygen atoms in total. The van der Waals surface area contributed by atoms with Gasteiger partial charge in [-0.2, -0.15) is 0 Å². The van der Waals surface area contributed by atoms with Gasteiger partial charge in [0.25, 0.3) is 0 Å². The van der Waals surface area contributed by atoms with Crippen molar-refractivity contribution in [2.75, 3.05) is 30.8 Å². The maximum absolute atomic E-state index is 11.1. The number of isothiocyanates is 1. The average Bonchev–Trinajstić information content (AvgIpc) is 1.98. The van der Waals surface area contributed by atoms with Crippen molar-refractivity contribution in [3.8, 4) is 0 Å². The lowest BCUT2D eigenvalue weighted by Crippen LogP contribution is -2.38. The van der Waals surface area contributed by atoms with Crippen molar-refractivity contribution in [2.24, 2.45) is 0 Å². The van der Waals surface area contributed by atoms with Gasteiger partial charge in [0.1, 0.15) is 4.32 Å². The molecule has 14 heavy (non-hydrogen) atoms. The molecule has 0 spiro atoms. The van der Waals surface area contributed by atoms with E-state index in [2.05, 4.69) is 42.6 Å². The van der Waals surface area contributed by atoms with Gasteiger partial charge in [-0.25, -0.2) is 13.7 Å². The second-order valence-electron chi connectivity index (χ2n) is 5.65. The summed E-state index contributed by atoms with van der Waals surface area (Å²) in [5.74, 6) is 0.658. The fourth-order valence-corrected chi connectivity index (χ4v) is 3.31. The molecule has 0 unspecified atom stereocenters. The topological polar surface area (TPSA) is 53.0 Å². The summed E-state index contributed by atoms with van der Waals surface area (Å²) in [6.45, 7) is 0. The van der Waals surface area contributed by atoms with Gasteiger partial charge in [-0.05, 0) is 37.2 Å². The predicted octanol–water partition coefficient (Wildman–Crippen LogP) is 1.46. The SMILES string of the molecule is CS1(C)(C)(C)CC(=O)NC1=S.N=C=S. The van der Waals surface area contributed by atoms with Crippen LogP contribution in [0.25, 0.3) is 0 Å². The Labute approximate surface area is 94.4 Å². The second-order valence-corrected chi connectivity index (χ2v) is 16.3. The van der Waals surface area contributed by atoms with Crippen LogP contribution in [0.4, 0.5) is 0 Å². The second kappa shape index (κ2) is 3.10. The number of carbonyl (C=O) groups excluding carboxylic acids is 1. The van der Waals surface area contributed by atoms with E-state index < -0.39 is 8.29 Å². The number of carbonyl (C=O) groups is 1. The van der Waals surface area contributed by atoms with E-state index in [1.807, 2.05) is 0 Å². The van der Waals surface area contributed by atoms with E-state index >= 15 is 0 Å². The third-order valence-electron chi connectivity index (χ3n) is 1.89. The van der Waals surface area contributed by atoms with Crippen LogP contribution >= 0.6 is 32.7 Å². The van der Waals surface area contributed by atoms with E-state index in [4.69, 9.17) is 17.6 Å². The van der Waals surface area contributed by atoms with Crippen molar-refractivity contribution in [1.82, 2.24) is 5.32 Å². The molecule has 1 amide bonds. The molecule has 1 fully saturated rings. The molecule has 0 atom stereocenters. The first-order chi connectivity index (χ1) is 5.95. The highest BCUT2D eigenvalue weighted by Gasteiger charge is 2.53. The minimum atomic E-state index is -2.33. The van der Waals surface area contributed by atoms with E-state index in [0.717, 1.165) is 4.32 Å². The molecule has 0 aromatic heterocycles. The molecule has 1 heterocycles. The maximum atomic E-state index is 11.1. The molecule has 0 aliphatic carbocycles. The Balaban J connectivity index is 0.000000500. The molecule has 1 rings (SSSR count). The van der Waals surface area contributed by atoms with Crippen molar-refractivity contribution in [3.05, 3.63) is 0 Å². The Hall–Kier alpha value is -0.290. The third-order valence-corrected chi connectivity index (χ3v) is 7.76. The molecule has 2 N–H and O–H groups in total. The minimum Gasteiger partial charge on any atom is -0.313 e. The van der Waals surface area contributed by atoms with Crippen LogP contribution in [-0.2, 0) is 4.79 Å². The van der Waals surface area contributed by atoms with Crippen LogP contribution in [0, 0.1) is 5.41 Å². The average molecular weight is 252 g/mol. The Morgan fingerprint density at radius 3 is 1.86 bits per heavy atom. The van der Waals surface area contributed by atoms with Gasteiger partial charge in [0, 0.05) is 0 Å². The lowest BCUT2D eigenvalue weighted by atomic mass is 10.7. The molecule has 0 saturated carbocycles. The highest BCUT2D eigenvalue weighted by Crippen LogP contribution is 2.80. The van der Waals surface area contributed by atoms with Gasteiger partial charge in [0.05, 0.1) is 10.9 Å². The Bertz CT molecular complexity index is 332. The van der Waals surface area contributed by atoms with E-state index in [1.54, 1.807) is 5.16 Å². The van der Waals surface area contributed by atoms with E-state index in [-0.39, 0.29) is 5.91 Å². The van der Waals surface area contributed by atoms with Crippen molar-refractivity contribution in [3.63, 3.8) is 0 Å². The number of nitrogens with one attached hydrogen (secondary N) is 2. The van der Waals surface area contributed by atoms with Crippen LogP contribution in [-0.4, -0.2) is 46.2 Å². The molecule has 1 aliphatic heterocycles. The lowest BCUT2D eigenvalue weighted by Gasteiger charge is -2.63. The monoisotopic (exact) mass is 252 g/mol. The van der Waals surface area contributed by atoms with E-state index in [9.17, 15) is 4.79 Å². The minimum absolute atomic E-state index is 0.0756. The van der Waals surface area contributed by atoms with Gasteiger partial charge < -0.3 is 5.32 Å². The van der Waals surface area contributed by atoms with Gasteiger partial charge in [0.15, 0.2) is 0 Å². The molecular formula is C8H16N2OS3. The largest absolute Gasteiger partial charge is 0.313 e. The van der Waals surface area contributed by atoms with Crippen molar-refractivity contribution in [1.29, 1.82) is 5.41 Å². The summed E-state index contributed by atoms with van der Waals surface area (Å²) in [7, 11) is -2.33. The summed E-state index contributed by atoms with van der Waals surface area (Å²) >= 11 is 8.99. The highest BCUT2D eigenvalue weighted by molar-refractivity contribution is 8.76. The molecule has 6 heteroatoms. The first-order valence-electron chi connectivity index (χ1n) is 3.84. The fraction of sp³-hybridized carbons (Fsp3) is 0.625. The Morgan fingerprint density at radius 1 is 1.43 bits per heavy atom. The van der Waals surface area contributed by atoms with Gasteiger partial charge in [-0.1, -0.05) is 12.2 Å². The van der Waals surface area contributed by atoms with Gasteiger partial charge in [0.2, 0.25) is 5.91 Å². The molecule has 0 bridgehead atoms. The quantitative estimate of drug-likeness (QED) is 0.507. The van der Waals surface area contributed by atoms with Crippen LogP contribution in [0.15, 0.2) is 0 Å². The number of hydrogen-bond donors (Lipinski definition) is 2. The molecule has 0 aromatic rings. The third kappa shape index (κ3) is 3.13. The van der Waals surface area contributed by atoms with Crippen LogP contribution in [0.2, 0.25) is 0 Å². The van der Waals surface area contributed by atoms with Gasteiger partial charge >= 0.3 is 0 Å². The van der Waals surface area contributed by atoms with Crippen LogP contribution in [0.1, 0.15) is 0 Å². The number of thiocarbonyl (C=S) groups is 2. The molecule has 0 aromatic carbocycles. The molecule has 1 saturated heterocycles. The van der Waals surface area contributed by atoms with Gasteiger partial charge in [-0.3, -0.25) is 4.79 Å². The van der Waals surface area contributed by atoms with Crippen LogP contribution < -0.4 is 5.32 Å². The molecule has 1 aliphatic rings. The zero-order valence-corrected chi connectivity index (χ0v) is 11.3. The highest BCUT2D eigenvalue weighted by atomic mass is 32.4. The van der Waals surface area contributed by atoms with Crippen LogP contribution in [0.5, 0.6) is 0 Å². The standard InChI is InChI=1S/C7H15NOS2.CHNS/c1-11(2,3,4)5-6(9)8-7(11)10;2-1-3/h5H2,1-4H3,(H,8,9,10);2H. The van der Waals surface area contributed by atoms with Crippen molar-refractivity contribution < 1.29 is 4.79 Å². The summed E-state index contributed by atoms with van der Waals surface area (Å²) in [6.07, 6.45) is 8.50. The fourth-order valence-electron chi connectivity index (χ4n) is 1.05. The van der Waals surface area contributed by atoms with Crippen LogP contribution in [0.3, 0.4) is 0 Å². The number of rotatable bonds is 0. The maximum Gasteiger partial charge on any atom is 0.232 e. The first kappa shape index (κ1) is 13.7. The predicted molar refractivity (Wildman–Crippen MR) is 72.2 cm³/mol. The molecule has 0 radical (unpaired) electrons. The molecular weight excluding hydrogens is 236 g/mol. The Kier molecular flexibility index (Phi) is 3.04. The Morgan fingerprint density at radius 2 is 1.79 bits per heavy atom. The smallest absolute Gasteiger partial charge is 0.232 e. The summed E-state index contributed by atoms with van der Waals surface area (Å²) in [5.41, 5.74) is 0. The zero-order chi connectivity index (χ0) is 11.7. The van der Waals surface area contributed by atoms with Crippen molar-refractivity contribution >= 4 is 48.1 Å². The van der Waals surface area contributed by atoms with Gasteiger partial charge in [-0.15, -0.1) is 0 Å². The lowest BCUT2D eigenvalue weighted by molar-refractivity contribution is -0.116. The van der Waals surface area contributed by atoms with Crippen molar-refractivity contribution in [2.45, 2.75) is 0 Å². The summed E-state index contributed by atoms with van der Waals surface area (Å²) in [5, 5.41) is 10.1. The summed E-state index contributed by atoms with van der Waals surface area (Å²) in [4.78, 5) is 11.1. The first-order valence-corrected chi connectivity index (χ1v) is 8.91. The molecule has 82 valence electrons. The van der Waals surface area contributed by atoms with E-state index in [0.29, 0.717) is 5.75 Å². The summed E-state index contributed by atoms with van der Waals surface area (Å²) < 4.78 is 0.759. The normalized spacial score (nSPS) is 30.3. The zero-order valence-electron chi connectivity index (χ0n) is 8.84. The summed E-state index contributed by atoms with van der Waals surface area (Å²) in [6, 6.07) is 0. The van der Waals surface area contributed by atoms with E-state index in [1.165, 1.54) is 0 Å². The number of amides is 1.